The van der Waals surface area contributed by atoms with E-state index in [1.165, 1.54) is 23.5 Å². The molecule has 29 heavy (non-hydrogen) atoms. The Morgan fingerprint density at radius 2 is 1.86 bits per heavy atom. The number of hydrogen-bond donors (Lipinski definition) is 1. The topological polar surface area (TPSA) is 94.2 Å². The summed E-state index contributed by atoms with van der Waals surface area (Å²) in [5.74, 6) is 0.893. The van der Waals surface area contributed by atoms with Crippen LogP contribution in [0.4, 0.5) is 5.69 Å². The summed E-state index contributed by atoms with van der Waals surface area (Å²) in [5.41, 5.74) is 1.11. The number of nitrogens with zero attached hydrogens (tertiary/aromatic N) is 1. The molecule has 0 bridgehead atoms. The second kappa shape index (κ2) is 9.25. The largest absolute Gasteiger partial charge is 0.497 e. The first kappa shape index (κ1) is 21.1. The van der Waals surface area contributed by atoms with Crippen LogP contribution in [0.3, 0.4) is 0 Å². The monoisotopic (exact) mass is 420 g/mol. The summed E-state index contributed by atoms with van der Waals surface area (Å²) >= 11 is 0. The summed E-state index contributed by atoms with van der Waals surface area (Å²) in [4.78, 5) is 12.6. The standard InChI is InChI=1S/C20H24N2O6S/c1-26-17-7-6-15(19(14-17)27-2)12-20(23)21-16-4-3-5-18(13-16)29(24,25)22-8-10-28-11-9-22/h3-7,13-14H,8-12H2,1-2H3,(H,21,23). The molecule has 2 aromatic rings. The van der Waals surface area contributed by atoms with Crippen molar-refractivity contribution in [1.29, 1.82) is 0 Å². The van der Waals surface area contributed by atoms with Crippen LogP contribution in [0.2, 0.25) is 0 Å². The summed E-state index contributed by atoms with van der Waals surface area (Å²) in [5, 5.41) is 2.75. The minimum Gasteiger partial charge on any atom is -0.497 e. The van der Waals surface area contributed by atoms with Gasteiger partial charge in [0.25, 0.3) is 0 Å². The van der Waals surface area contributed by atoms with E-state index >= 15 is 0 Å². The van der Waals surface area contributed by atoms with E-state index in [-0.39, 0.29) is 17.2 Å². The van der Waals surface area contributed by atoms with Crippen molar-refractivity contribution in [3.63, 3.8) is 0 Å². The number of benzene rings is 2. The Morgan fingerprint density at radius 3 is 2.55 bits per heavy atom. The van der Waals surface area contributed by atoms with Gasteiger partial charge in [-0.25, -0.2) is 8.42 Å². The van der Waals surface area contributed by atoms with E-state index in [9.17, 15) is 13.2 Å². The SMILES string of the molecule is COc1ccc(CC(=O)Nc2cccc(S(=O)(=O)N3CCOCC3)c2)c(OC)c1. The molecule has 156 valence electrons. The molecule has 1 N–H and O–H groups in total. The van der Waals surface area contributed by atoms with Crippen LogP contribution in [0.1, 0.15) is 5.56 Å². The van der Waals surface area contributed by atoms with E-state index in [1.807, 2.05) is 0 Å². The van der Waals surface area contributed by atoms with Gasteiger partial charge in [-0.1, -0.05) is 12.1 Å². The van der Waals surface area contributed by atoms with Gasteiger partial charge in [0, 0.05) is 30.4 Å². The van der Waals surface area contributed by atoms with Gasteiger partial charge < -0.3 is 19.5 Å². The van der Waals surface area contributed by atoms with E-state index in [0.717, 1.165) is 0 Å². The third-order valence-electron chi connectivity index (χ3n) is 4.57. The van der Waals surface area contributed by atoms with Gasteiger partial charge in [-0.05, 0) is 24.3 Å². The van der Waals surface area contributed by atoms with E-state index < -0.39 is 10.0 Å². The summed E-state index contributed by atoms with van der Waals surface area (Å²) in [6.07, 6.45) is 0.0770. The number of hydrogen-bond acceptors (Lipinski definition) is 6. The van der Waals surface area contributed by atoms with Crippen LogP contribution in [0.5, 0.6) is 11.5 Å². The van der Waals surface area contributed by atoms with Crippen LogP contribution in [-0.2, 0) is 26.0 Å². The Balaban J connectivity index is 1.72. The van der Waals surface area contributed by atoms with Gasteiger partial charge in [-0.15, -0.1) is 0 Å². The van der Waals surface area contributed by atoms with Gasteiger partial charge in [0.1, 0.15) is 11.5 Å². The molecule has 2 aromatic carbocycles. The average Bonchev–Trinajstić information content (AvgIpc) is 2.74. The number of nitrogens with one attached hydrogen (secondary N) is 1. The van der Waals surface area contributed by atoms with Crippen LogP contribution in [0, 0.1) is 0 Å². The predicted molar refractivity (Wildman–Crippen MR) is 108 cm³/mol. The molecule has 8 nitrogen and oxygen atoms in total. The molecule has 0 atom stereocenters. The molecular formula is C20H24N2O6S. The van der Waals surface area contributed by atoms with Gasteiger partial charge in [0.2, 0.25) is 15.9 Å². The number of sulfonamides is 1. The fourth-order valence-corrected chi connectivity index (χ4v) is 4.50. The second-order valence-corrected chi connectivity index (χ2v) is 8.38. The number of carbonyl (C=O) groups excluding carboxylic acids is 1. The summed E-state index contributed by atoms with van der Waals surface area (Å²) in [7, 11) is -0.551. The highest BCUT2D eigenvalue weighted by molar-refractivity contribution is 7.89. The molecular weight excluding hydrogens is 396 g/mol. The maximum atomic E-state index is 12.8. The fourth-order valence-electron chi connectivity index (χ4n) is 3.05. The highest BCUT2D eigenvalue weighted by Crippen LogP contribution is 2.26. The maximum absolute atomic E-state index is 12.8. The normalized spacial score (nSPS) is 15.0. The van der Waals surface area contributed by atoms with Crippen molar-refractivity contribution in [3.8, 4) is 11.5 Å². The van der Waals surface area contributed by atoms with Gasteiger partial charge in [-0.3, -0.25) is 4.79 Å². The molecule has 0 aliphatic carbocycles. The molecule has 1 aliphatic heterocycles. The Morgan fingerprint density at radius 1 is 1.10 bits per heavy atom. The molecule has 1 heterocycles. The highest BCUT2D eigenvalue weighted by atomic mass is 32.2. The number of carbonyl (C=O) groups is 1. The molecule has 1 saturated heterocycles. The Bertz CT molecular complexity index is 971. The number of amides is 1. The van der Waals surface area contributed by atoms with E-state index in [4.69, 9.17) is 14.2 Å². The smallest absolute Gasteiger partial charge is 0.243 e. The third-order valence-corrected chi connectivity index (χ3v) is 6.47. The first-order valence-corrected chi connectivity index (χ1v) is 10.6. The van der Waals surface area contributed by atoms with E-state index in [2.05, 4.69) is 5.32 Å². The summed E-state index contributed by atoms with van der Waals surface area (Å²) in [6, 6.07) is 11.5. The van der Waals surface area contributed by atoms with Crippen molar-refractivity contribution < 1.29 is 27.4 Å². The number of rotatable bonds is 7. The maximum Gasteiger partial charge on any atom is 0.243 e. The van der Waals surface area contributed by atoms with Gasteiger partial charge >= 0.3 is 0 Å². The van der Waals surface area contributed by atoms with E-state index in [1.54, 1.807) is 37.4 Å². The zero-order valence-corrected chi connectivity index (χ0v) is 17.2. The predicted octanol–water partition coefficient (Wildman–Crippen LogP) is 1.91. The molecule has 0 unspecified atom stereocenters. The quantitative estimate of drug-likeness (QED) is 0.735. The van der Waals surface area contributed by atoms with Crippen LogP contribution < -0.4 is 14.8 Å². The third kappa shape index (κ3) is 5.06. The molecule has 0 radical (unpaired) electrons. The molecule has 1 fully saturated rings. The number of morpholine rings is 1. The van der Waals surface area contributed by atoms with Gasteiger partial charge in [0.15, 0.2) is 0 Å². The fraction of sp³-hybridized carbons (Fsp3) is 0.350. The lowest BCUT2D eigenvalue weighted by atomic mass is 10.1. The number of methoxy groups -OCH3 is 2. The highest BCUT2D eigenvalue weighted by Gasteiger charge is 2.26. The van der Waals surface area contributed by atoms with Crippen LogP contribution >= 0.6 is 0 Å². The summed E-state index contributed by atoms with van der Waals surface area (Å²) in [6.45, 7) is 1.38. The number of ether oxygens (including phenoxy) is 3. The van der Waals surface area contributed by atoms with Crippen molar-refractivity contribution in [1.82, 2.24) is 4.31 Å². The molecule has 9 heteroatoms. The molecule has 0 aromatic heterocycles. The molecule has 1 aliphatic rings. The van der Waals surface area contributed by atoms with Crippen molar-refractivity contribution in [2.45, 2.75) is 11.3 Å². The lowest BCUT2D eigenvalue weighted by Crippen LogP contribution is -2.40. The van der Waals surface area contributed by atoms with Gasteiger partial charge in [-0.2, -0.15) is 4.31 Å². The Labute approximate surface area is 170 Å². The zero-order chi connectivity index (χ0) is 20.9. The first-order chi connectivity index (χ1) is 13.9. The van der Waals surface area contributed by atoms with Crippen molar-refractivity contribution in [3.05, 3.63) is 48.0 Å². The zero-order valence-electron chi connectivity index (χ0n) is 16.4. The van der Waals surface area contributed by atoms with E-state index in [0.29, 0.717) is 49.1 Å². The van der Waals surface area contributed by atoms with Crippen LogP contribution in [-0.4, -0.2) is 59.2 Å². The molecule has 0 saturated carbocycles. The average molecular weight is 420 g/mol. The van der Waals surface area contributed by atoms with Crippen LogP contribution in [0.25, 0.3) is 0 Å². The summed E-state index contributed by atoms with van der Waals surface area (Å²) < 4.78 is 42.7. The lowest BCUT2D eigenvalue weighted by Gasteiger charge is -2.26. The minimum absolute atomic E-state index is 0.0770. The van der Waals surface area contributed by atoms with Crippen LogP contribution in [0.15, 0.2) is 47.4 Å². The number of anilines is 1. The second-order valence-electron chi connectivity index (χ2n) is 6.45. The van der Waals surface area contributed by atoms with Crippen molar-refractivity contribution in [2.75, 3.05) is 45.8 Å². The molecule has 3 rings (SSSR count). The first-order valence-electron chi connectivity index (χ1n) is 9.13. The minimum atomic E-state index is -3.63. The molecule has 0 spiro atoms. The van der Waals surface area contributed by atoms with Gasteiger partial charge in [0.05, 0.1) is 38.7 Å². The lowest BCUT2D eigenvalue weighted by molar-refractivity contribution is -0.115. The Kier molecular flexibility index (Phi) is 6.73. The van der Waals surface area contributed by atoms with Crippen molar-refractivity contribution in [2.24, 2.45) is 0 Å². The molecule has 1 amide bonds. The Hall–Kier alpha value is -2.62. The van der Waals surface area contributed by atoms with Crippen molar-refractivity contribution >= 4 is 21.6 Å².